The molecule has 16 heavy (non-hydrogen) atoms. The molecule has 2 heterocycles. The lowest BCUT2D eigenvalue weighted by Crippen LogP contribution is -2.55. The van der Waals surface area contributed by atoms with Gasteiger partial charge in [0.25, 0.3) is 0 Å². The van der Waals surface area contributed by atoms with Gasteiger partial charge in [0.2, 0.25) is 5.91 Å². The number of rotatable bonds is 0. The Morgan fingerprint density at radius 2 is 2.12 bits per heavy atom. The predicted molar refractivity (Wildman–Crippen MR) is 62.3 cm³/mol. The first-order valence-electron chi connectivity index (χ1n) is 5.88. The van der Waals surface area contributed by atoms with Crippen molar-refractivity contribution in [2.45, 2.75) is 24.8 Å². The molecule has 3 aliphatic rings. The summed E-state index contributed by atoms with van der Waals surface area (Å²) < 4.78 is 0. The minimum Gasteiger partial charge on any atom is -0.308 e. The Hall–Kier alpha value is -1.57. The molecule has 1 saturated heterocycles. The number of benzene rings is 1. The van der Waals surface area contributed by atoms with Crippen LogP contribution in [-0.2, 0) is 4.79 Å². The van der Waals surface area contributed by atoms with Crippen LogP contribution in [0.2, 0.25) is 0 Å². The third-order valence-electron chi connectivity index (χ3n) is 4.40. The first kappa shape index (κ1) is 8.57. The van der Waals surface area contributed by atoms with Crippen LogP contribution in [0.1, 0.15) is 24.3 Å². The first-order valence-corrected chi connectivity index (χ1v) is 5.88. The summed E-state index contributed by atoms with van der Waals surface area (Å²) in [5.41, 5.74) is 3.78. The standard InChI is InChI=1S/C14H13NO/c1-8-9-6-7-12(16)15-11-5-3-2-4-10(11)13(8)14(9)15/h2-5,9,13-14H,1,6-7H2/t9-,13-,14-/m0/s1. The van der Waals surface area contributed by atoms with Gasteiger partial charge in [0, 0.05) is 23.9 Å². The molecule has 3 atom stereocenters. The van der Waals surface area contributed by atoms with Crippen molar-refractivity contribution < 1.29 is 4.79 Å². The zero-order chi connectivity index (χ0) is 10.9. The Morgan fingerprint density at radius 3 is 3.00 bits per heavy atom. The smallest absolute Gasteiger partial charge is 0.227 e. The van der Waals surface area contributed by atoms with E-state index in [0.29, 0.717) is 30.2 Å². The van der Waals surface area contributed by atoms with Gasteiger partial charge in [0.05, 0.1) is 6.04 Å². The van der Waals surface area contributed by atoms with Crippen LogP contribution in [0, 0.1) is 5.92 Å². The molecule has 2 aliphatic heterocycles. The lowest BCUT2D eigenvalue weighted by atomic mass is 9.62. The second-order valence-electron chi connectivity index (χ2n) is 5.01. The van der Waals surface area contributed by atoms with Gasteiger partial charge in [0.1, 0.15) is 0 Å². The average Bonchev–Trinajstić information content (AvgIpc) is 2.62. The van der Waals surface area contributed by atoms with Gasteiger partial charge in [-0.25, -0.2) is 0 Å². The second kappa shape index (κ2) is 2.57. The summed E-state index contributed by atoms with van der Waals surface area (Å²) >= 11 is 0. The normalized spacial score (nSPS) is 34.5. The maximum Gasteiger partial charge on any atom is 0.227 e. The average molecular weight is 211 g/mol. The van der Waals surface area contributed by atoms with Crippen molar-refractivity contribution >= 4 is 11.6 Å². The van der Waals surface area contributed by atoms with Gasteiger partial charge in [0.15, 0.2) is 0 Å². The molecule has 0 aromatic heterocycles. The number of piperidine rings is 1. The van der Waals surface area contributed by atoms with E-state index in [-0.39, 0.29) is 0 Å². The van der Waals surface area contributed by atoms with E-state index in [2.05, 4.69) is 24.8 Å². The van der Waals surface area contributed by atoms with E-state index in [1.807, 2.05) is 11.0 Å². The molecule has 0 bridgehead atoms. The first-order chi connectivity index (χ1) is 7.79. The Bertz CT molecular complexity index is 517. The van der Waals surface area contributed by atoms with E-state index in [1.54, 1.807) is 0 Å². The topological polar surface area (TPSA) is 20.3 Å². The molecular formula is C14H13NO. The van der Waals surface area contributed by atoms with Gasteiger partial charge in [-0.1, -0.05) is 30.4 Å². The minimum atomic E-state index is 0.295. The number of anilines is 1. The van der Waals surface area contributed by atoms with E-state index in [0.717, 1.165) is 12.1 Å². The zero-order valence-electron chi connectivity index (χ0n) is 9.02. The van der Waals surface area contributed by atoms with Crippen LogP contribution in [0.15, 0.2) is 36.4 Å². The largest absolute Gasteiger partial charge is 0.308 e. The van der Waals surface area contributed by atoms with Gasteiger partial charge in [-0.2, -0.15) is 0 Å². The Morgan fingerprint density at radius 1 is 1.31 bits per heavy atom. The molecule has 4 rings (SSSR count). The number of hydrogen-bond acceptors (Lipinski definition) is 1. The molecule has 2 nitrogen and oxygen atoms in total. The summed E-state index contributed by atoms with van der Waals surface area (Å²) in [7, 11) is 0. The third kappa shape index (κ3) is 0.753. The number of nitrogens with zero attached hydrogens (tertiary/aromatic N) is 1. The number of amides is 1. The summed E-state index contributed by atoms with van der Waals surface area (Å²) in [6, 6.07) is 8.69. The minimum absolute atomic E-state index is 0.295. The molecule has 1 aromatic carbocycles. The highest BCUT2D eigenvalue weighted by Crippen LogP contribution is 2.60. The number of fused-ring (bicyclic) bond motifs is 3. The SMILES string of the molecule is C=C1[C@@H]2CCC(=O)N3c4ccccc4[C@H]1[C@H]23. The summed E-state index contributed by atoms with van der Waals surface area (Å²) in [5, 5.41) is 0. The maximum absolute atomic E-state index is 12.0. The number of carbonyl (C=O) groups is 1. The molecule has 2 heteroatoms. The summed E-state index contributed by atoms with van der Waals surface area (Å²) in [6.45, 7) is 4.21. The van der Waals surface area contributed by atoms with E-state index in [9.17, 15) is 4.79 Å². The van der Waals surface area contributed by atoms with Gasteiger partial charge in [-0.15, -0.1) is 0 Å². The number of carbonyl (C=O) groups excluding carboxylic acids is 1. The predicted octanol–water partition coefficient (Wildman–Crippen LogP) is 2.47. The highest BCUT2D eigenvalue weighted by Gasteiger charge is 2.57. The second-order valence-corrected chi connectivity index (χ2v) is 5.01. The van der Waals surface area contributed by atoms with Gasteiger partial charge < -0.3 is 4.90 Å². The molecule has 0 N–H and O–H groups in total. The summed E-state index contributed by atoms with van der Waals surface area (Å²) in [4.78, 5) is 14.0. The van der Waals surface area contributed by atoms with E-state index < -0.39 is 0 Å². The Labute approximate surface area is 94.6 Å². The van der Waals surface area contributed by atoms with Crippen molar-refractivity contribution in [3.05, 3.63) is 42.0 Å². The van der Waals surface area contributed by atoms with Crippen LogP contribution in [0.25, 0.3) is 0 Å². The van der Waals surface area contributed by atoms with Crippen LogP contribution in [0.3, 0.4) is 0 Å². The van der Waals surface area contributed by atoms with Crippen molar-refractivity contribution in [1.82, 2.24) is 0 Å². The molecule has 80 valence electrons. The van der Waals surface area contributed by atoms with Crippen molar-refractivity contribution in [3.63, 3.8) is 0 Å². The van der Waals surface area contributed by atoms with E-state index in [1.165, 1.54) is 11.1 Å². The Balaban J connectivity index is 1.95. The number of para-hydroxylation sites is 1. The Kier molecular flexibility index (Phi) is 1.37. The lowest BCUT2D eigenvalue weighted by molar-refractivity contribution is -0.121. The highest BCUT2D eigenvalue weighted by molar-refractivity contribution is 5.99. The lowest BCUT2D eigenvalue weighted by Gasteiger charge is -2.49. The quantitative estimate of drug-likeness (QED) is 0.604. The van der Waals surface area contributed by atoms with Crippen LogP contribution >= 0.6 is 0 Å². The van der Waals surface area contributed by atoms with Gasteiger partial charge >= 0.3 is 0 Å². The molecule has 0 radical (unpaired) electrons. The fourth-order valence-electron chi connectivity index (χ4n) is 3.68. The van der Waals surface area contributed by atoms with Crippen molar-refractivity contribution in [2.24, 2.45) is 5.92 Å². The van der Waals surface area contributed by atoms with Gasteiger partial charge in [-0.3, -0.25) is 4.79 Å². The molecule has 2 fully saturated rings. The molecule has 0 unspecified atom stereocenters. The molecular weight excluding hydrogens is 198 g/mol. The fraction of sp³-hybridized carbons (Fsp3) is 0.357. The molecule has 1 aliphatic carbocycles. The number of hydrogen-bond donors (Lipinski definition) is 0. The summed E-state index contributed by atoms with van der Waals surface area (Å²) in [5.74, 6) is 1.27. The monoisotopic (exact) mass is 211 g/mol. The van der Waals surface area contributed by atoms with Crippen LogP contribution in [0.4, 0.5) is 5.69 Å². The van der Waals surface area contributed by atoms with E-state index >= 15 is 0 Å². The van der Waals surface area contributed by atoms with E-state index in [4.69, 9.17) is 0 Å². The van der Waals surface area contributed by atoms with Crippen LogP contribution in [0.5, 0.6) is 0 Å². The zero-order valence-corrected chi connectivity index (χ0v) is 9.02. The van der Waals surface area contributed by atoms with Crippen molar-refractivity contribution in [3.8, 4) is 0 Å². The van der Waals surface area contributed by atoms with Crippen molar-refractivity contribution in [2.75, 3.05) is 4.90 Å². The van der Waals surface area contributed by atoms with Gasteiger partial charge in [-0.05, 0) is 18.1 Å². The maximum atomic E-state index is 12.0. The molecule has 1 saturated carbocycles. The molecule has 0 spiro atoms. The summed E-state index contributed by atoms with van der Waals surface area (Å²) in [6.07, 6.45) is 1.69. The third-order valence-corrected chi connectivity index (χ3v) is 4.40. The van der Waals surface area contributed by atoms with Crippen LogP contribution < -0.4 is 4.90 Å². The molecule has 1 aromatic rings. The fourth-order valence-corrected chi connectivity index (χ4v) is 3.68. The van der Waals surface area contributed by atoms with Crippen molar-refractivity contribution in [1.29, 1.82) is 0 Å². The highest BCUT2D eigenvalue weighted by atomic mass is 16.2. The molecule has 1 amide bonds. The van der Waals surface area contributed by atoms with Crippen LogP contribution in [-0.4, -0.2) is 11.9 Å².